The highest BCUT2D eigenvalue weighted by atomic mass is 127. The fraction of sp³-hybridized carbons (Fsp3) is 0.143. The van der Waals surface area contributed by atoms with E-state index < -0.39 is 0 Å². The van der Waals surface area contributed by atoms with Gasteiger partial charge in [-0.3, -0.25) is 0 Å². The van der Waals surface area contributed by atoms with Crippen molar-refractivity contribution in [3.63, 3.8) is 0 Å². The Hall–Kier alpha value is -1.03. The maximum absolute atomic E-state index is 5.41. The van der Waals surface area contributed by atoms with E-state index in [4.69, 9.17) is 3.07 Å². The van der Waals surface area contributed by atoms with E-state index in [1.54, 1.807) is 0 Å². The van der Waals surface area contributed by atoms with Gasteiger partial charge in [-0.1, -0.05) is 36.4 Å². The minimum absolute atomic E-state index is 0.926. The van der Waals surface area contributed by atoms with E-state index in [9.17, 15) is 0 Å². The molecular weight excluding hydrogens is 311 g/mol. The molecule has 82 valence electrons. The molecule has 0 aliphatic carbocycles. The van der Waals surface area contributed by atoms with Crippen molar-refractivity contribution in [3.8, 4) is 16.9 Å². The van der Waals surface area contributed by atoms with Gasteiger partial charge in [0.25, 0.3) is 0 Å². The van der Waals surface area contributed by atoms with Crippen molar-refractivity contribution in [3.05, 3.63) is 53.6 Å². The molecule has 0 aliphatic heterocycles. The molecule has 0 N–H and O–H groups in total. The van der Waals surface area contributed by atoms with Gasteiger partial charge in [-0.05, 0) is 36.6 Å². The summed E-state index contributed by atoms with van der Waals surface area (Å²) in [6.45, 7) is 4.24. The Balaban J connectivity index is 2.68. The van der Waals surface area contributed by atoms with Crippen molar-refractivity contribution in [2.45, 2.75) is 13.8 Å². The highest BCUT2D eigenvalue weighted by molar-refractivity contribution is 14.1. The molecule has 0 atom stereocenters. The molecule has 1 nitrogen and oxygen atoms in total. The molecule has 0 saturated heterocycles. The predicted molar refractivity (Wildman–Crippen MR) is 76.0 cm³/mol. The van der Waals surface area contributed by atoms with Gasteiger partial charge in [-0.15, -0.1) is 0 Å². The normalized spacial score (nSPS) is 10.2. The van der Waals surface area contributed by atoms with Crippen LogP contribution in [0.25, 0.3) is 11.1 Å². The first kappa shape index (κ1) is 11.5. The lowest BCUT2D eigenvalue weighted by molar-refractivity contribution is 0.718. The lowest BCUT2D eigenvalue weighted by Gasteiger charge is -2.12. The number of rotatable bonds is 2. The largest absolute Gasteiger partial charge is 0.427 e. The van der Waals surface area contributed by atoms with Crippen LogP contribution in [-0.4, -0.2) is 0 Å². The van der Waals surface area contributed by atoms with E-state index in [2.05, 4.69) is 44.2 Å². The molecular formula is C14H13IO. The molecule has 0 aliphatic rings. The van der Waals surface area contributed by atoms with Gasteiger partial charge >= 0.3 is 0 Å². The van der Waals surface area contributed by atoms with Gasteiger partial charge in [0.05, 0.1) is 0 Å². The van der Waals surface area contributed by atoms with Gasteiger partial charge in [0.2, 0.25) is 0 Å². The summed E-state index contributed by atoms with van der Waals surface area (Å²) in [5, 5.41) is 0. The fourth-order valence-electron chi connectivity index (χ4n) is 1.90. The Morgan fingerprint density at radius 3 is 2.25 bits per heavy atom. The van der Waals surface area contributed by atoms with E-state index in [1.165, 1.54) is 22.3 Å². The zero-order valence-electron chi connectivity index (χ0n) is 9.33. The molecule has 2 heteroatoms. The monoisotopic (exact) mass is 324 g/mol. The Bertz CT molecular complexity index is 506. The van der Waals surface area contributed by atoms with Gasteiger partial charge < -0.3 is 3.07 Å². The van der Waals surface area contributed by atoms with Crippen molar-refractivity contribution < 1.29 is 3.07 Å². The average Bonchev–Trinajstić information content (AvgIpc) is 2.30. The second-order valence-electron chi connectivity index (χ2n) is 3.84. The summed E-state index contributed by atoms with van der Waals surface area (Å²) in [5.74, 6) is 0.926. The zero-order chi connectivity index (χ0) is 11.5. The molecule has 2 rings (SSSR count). The van der Waals surface area contributed by atoms with E-state index in [0.29, 0.717) is 0 Å². The SMILES string of the molecule is Cc1ccccc1-c1c(C)cccc1OI. The van der Waals surface area contributed by atoms with Crippen LogP contribution in [0.5, 0.6) is 5.75 Å². The zero-order valence-corrected chi connectivity index (χ0v) is 11.5. The summed E-state index contributed by atoms with van der Waals surface area (Å²) in [6, 6.07) is 14.5. The Labute approximate surface area is 110 Å². The molecule has 16 heavy (non-hydrogen) atoms. The van der Waals surface area contributed by atoms with Crippen LogP contribution in [0.3, 0.4) is 0 Å². The molecule has 0 amide bonds. The first-order valence-corrected chi connectivity index (χ1v) is 6.06. The Morgan fingerprint density at radius 2 is 1.56 bits per heavy atom. The van der Waals surface area contributed by atoms with Gasteiger partial charge in [-0.2, -0.15) is 0 Å². The first-order chi connectivity index (χ1) is 7.74. The van der Waals surface area contributed by atoms with Crippen LogP contribution >= 0.6 is 23.0 Å². The second-order valence-corrected chi connectivity index (χ2v) is 4.28. The van der Waals surface area contributed by atoms with Gasteiger partial charge in [0.1, 0.15) is 5.75 Å². The molecule has 0 saturated carbocycles. The highest BCUT2D eigenvalue weighted by Crippen LogP contribution is 2.35. The summed E-state index contributed by atoms with van der Waals surface area (Å²) in [4.78, 5) is 0. The Kier molecular flexibility index (Phi) is 3.49. The van der Waals surface area contributed by atoms with Crippen molar-refractivity contribution in [1.82, 2.24) is 0 Å². The predicted octanol–water partition coefficient (Wildman–Crippen LogP) is 4.70. The topological polar surface area (TPSA) is 9.23 Å². The standard InChI is InChI=1S/C14H13IO/c1-10-6-3-4-8-12(10)14-11(2)7-5-9-13(14)16-15/h3-9H,1-2H3. The molecule has 0 spiro atoms. The second kappa shape index (κ2) is 4.87. The van der Waals surface area contributed by atoms with Crippen LogP contribution in [0, 0.1) is 13.8 Å². The number of aryl methyl sites for hydroxylation is 2. The summed E-state index contributed by atoms with van der Waals surface area (Å²) in [6.07, 6.45) is 0. The van der Waals surface area contributed by atoms with Crippen LogP contribution in [0.4, 0.5) is 0 Å². The van der Waals surface area contributed by atoms with Crippen LogP contribution in [-0.2, 0) is 0 Å². The average molecular weight is 324 g/mol. The molecule has 2 aromatic carbocycles. The third-order valence-corrected chi connectivity index (χ3v) is 3.21. The molecule has 0 bridgehead atoms. The van der Waals surface area contributed by atoms with Crippen molar-refractivity contribution in [2.75, 3.05) is 0 Å². The van der Waals surface area contributed by atoms with Crippen molar-refractivity contribution >= 4 is 23.0 Å². The van der Waals surface area contributed by atoms with E-state index in [-0.39, 0.29) is 0 Å². The van der Waals surface area contributed by atoms with E-state index in [0.717, 1.165) is 5.75 Å². The van der Waals surface area contributed by atoms with Crippen LogP contribution in [0.15, 0.2) is 42.5 Å². The quantitative estimate of drug-likeness (QED) is 0.728. The first-order valence-electron chi connectivity index (χ1n) is 5.18. The third kappa shape index (κ3) is 2.07. The summed E-state index contributed by atoms with van der Waals surface area (Å²) < 4.78 is 5.41. The Morgan fingerprint density at radius 1 is 0.875 bits per heavy atom. The summed E-state index contributed by atoms with van der Waals surface area (Å²) in [5.41, 5.74) is 4.94. The number of halogens is 1. The molecule has 0 unspecified atom stereocenters. The molecule has 0 heterocycles. The smallest absolute Gasteiger partial charge is 0.192 e. The molecule has 0 aromatic heterocycles. The van der Waals surface area contributed by atoms with Gasteiger partial charge in [0, 0.05) is 5.56 Å². The van der Waals surface area contributed by atoms with Gasteiger partial charge in [0.15, 0.2) is 23.0 Å². The van der Waals surface area contributed by atoms with E-state index >= 15 is 0 Å². The van der Waals surface area contributed by atoms with E-state index in [1.807, 2.05) is 35.1 Å². The lowest BCUT2D eigenvalue weighted by atomic mass is 9.96. The molecule has 0 radical (unpaired) electrons. The van der Waals surface area contributed by atoms with Gasteiger partial charge in [-0.25, -0.2) is 0 Å². The number of hydrogen-bond acceptors (Lipinski definition) is 1. The van der Waals surface area contributed by atoms with Crippen LogP contribution in [0.2, 0.25) is 0 Å². The minimum atomic E-state index is 0.926. The van der Waals surface area contributed by atoms with Crippen LogP contribution < -0.4 is 3.07 Å². The summed E-state index contributed by atoms with van der Waals surface area (Å²) in [7, 11) is 0. The lowest BCUT2D eigenvalue weighted by Crippen LogP contribution is -1.89. The fourth-order valence-corrected chi connectivity index (χ4v) is 2.27. The highest BCUT2D eigenvalue weighted by Gasteiger charge is 2.10. The van der Waals surface area contributed by atoms with Crippen LogP contribution in [0.1, 0.15) is 11.1 Å². The maximum atomic E-state index is 5.41. The van der Waals surface area contributed by atoms with Crippen molar-refractivity contribution in [1.29, 1.82) is 0 Å². The van der Waals surface area contributed by atoms with Crippen molar-refractivity contribution in [2.24, 2.45) is 0 Å². The maximum Gasteiger partial charge on any atom is 0.192 e. The molecule has 2 aromatic rings. The number of benzene rings is 2. The molecule has 0 fully saturated rings. The third-order valence-electron chi connectivity index (χ3n) is 2.73. The number of hydrogen-bond donors (Lipinski definition) is 0. The summed E-state index contributed by atoms with van der Waals surface area (Å²) >= 11 is 1.93. The minimum Gasteiger partial charge on any atom is -0.427 e.